The SMILES string of the molecule is CC1C(=O)NCCN1CC1(CC#N)CC1. The van der Waals surface area contributed by atoms with E-state index in [4.69, 9.17) is 5.26 Å². The Balaban J connectivity index is 1.94. The van der Waals surface area contributed by atoms with Gasteiger partial charge in [-0.15, -0.1) is 0 Å². The molecule has 1 aliphatic carbocycles. The van der Waals surface area contributed by atoms with Crippen LogP contribution >= 0.6 is 0 Å². The number of carbonyl (C=O) groups excluding carboxylic acids is 1. The van der Waals surface area contributed by atoms with E-state index in [0.29, 0.717) is 6.42 Å². The van der Waals surface area contributed by atoms with Crippen molar-refractivity contribution in [1.82, 2.24) is 10.2 Å². The molecule has 0 aromatic heterocycles. The van der Waals surface area contributed by atoms with E-state index in [9.17, 15) is 4.79 Å². The van der Waals surface area contributed by atoms with Gasteiger partial charge in [-0.05, 0) is 25.2 Å². The van der Waals surface area contributed by atoms with Gasteiger partial charge in [0.15, 0.2) is 0 Å². The first-order valence-electron chi connectivity index (χ1n) is 5.56. The summed E-state index contributed by atoms with van der Waals surface area (Å²) in [6.45, 7) is 4.51. The maximum atomic E-state index is 11.5. The number of hydrogen-bond donors (Lipinski definition) is 1. The third-order valence-corrected chi connectivity index (χ3v) is 3.58. The minimum Gasteiger partial charge on any atom is -0.353 e. The zero-order chi connectivity index (χ0) is 10.9. The molecule has 0 bridgehead atoms. The summed E-state index contributed by atoms with van der Waals surface area (Å²) in [6.07, 6.45) is 2.93. The smallest absolute Gasteiger partial charge is 0.237 e. The maximum Gasteiger partial charge on any atom is 0.237 e. The van der Waals surface area contributed by atoms with Crippen LogP contribution in [0, 0.1) is 16.7 Å². The fourth-order valence-corrected chi connectivity index (χ4v) is 2.21. The molecule has 2 aliphatic rings. The molecule has 2 fully saturated rings. The minimum absolute atomic E-state index is 0.0325. The summed E-state index contributed by atoms with van der Waals surface area (Å²) >= 11 is 0. The summed E-state index contributed by atoms with van der Waals surface area (Å²) in [7, 11) is 0. The molecular formula is C11H17N3O. The molecule has 1 N–H and O–H groups in total. The van der Waals surface area contributed by atoms with Crippen molar-refractivity contribution in [2.24, 2.45) is 5.41 Å². The highest BCUT2D eigenvalue weighted by atomic mass is 16.2. The van der Waals surface area contributed by atoms with Gasteiger partial charge in [0.1, 0.15) is 0 Å². The molecule has 4 nitrogen and oxygen atoms in total. The molecule has 2 rings (SSSR count). The number of hydrogen-bond acceptors (Lipinski definition) is 3. The van der Waals surface area contributed by atoms with Crippen LogP contribution in [0.15, 0.2) is 0 Å². The largest absolute Gasteiger partial charge is 0.353 e. The van der Waals surface area contributed by atoms with Gasteiger partial charge in [0.25, 0.3) is 0 Å². The summed E-state index contributed by atoms with van der Waals surface area (Å²) in [5, 5.41) is 11.6. The molecule has 0 aromatic carbocycles. The lowest BCUT2D eigenvalue weighted by atomic mass is 10.0. The number of nitrogens with zero attached hydrogens (tertiary/aromatic N) is 2. The Morgan fingerprint density at radius 2 is 2.40 bits per heavy atom. The molecule has 15 heavy (non-hydrogen) atoms. The van der Waals surface area contributed by atoms with Gasteiger partial charge in [-0.1, -0.05) is 0 Å². The molecule has 1 atom stereocenters. The Morgan fingerprint density at radius 3 is 3.00 bits per heavy atom. The topological polar surface area (TPSA) is 56.1 Å². The van der Waals surface area contributed by atoms with E-state index < -0.39 is 0 Å². The maximum absolute atomic E-state index is 11.5. The monoisotopic (exact) mass is 207 g/mol. The van der Waals surface area contributed by atoms with Gasteiger partial charge in [0.05, 0.1) is 12.1 Å². The van der Waals surface area contributed by atoms with E-state index in [0.717, 1.165) is 32.5 Å². The van der Waals surface area contributed by atoms with Gasteiger partial charge < -0.3 is 5.32 Å². The number of carbonyl (C=O) groups is 1. The summed E-state index contributed by atoms with van der Waals surface area (Å²) in [6, 6.07) is 2.23. The zero-order valence-electron chi connectivity index (χ0n) is 9.12. The molecule has 0 radical (unpaired) electrons. The molecule has 82 valence electrons. The average molecular weight is 207 g/mol. The lowest BCUT2D eigenvalue weighted by Crippen LogP contribution is -2.55. The van der Waals surface area contributed by atoms with Gasteiger partial charge in [-0.3, -0.25) is 9.69 Å². The van der Waals surface area contributed by atoms with Gasteiger partial charge in [0.2, 0.25) is 5.91 Å². The standard InChI is InChI=1S/C11H17N3O/c1-9-10(15)13-6-7-14(9)8-11(2-3-11)4-5-12/h9H,2-4,6-8H2,1H3,(H,13,15). The highest BCUT2D eigenvalue weighted by Crippen LogP contribution is 2.49. The van der Waals surface area contributed by atoms with Crippen molar-refractivity contribution < 1.29 is 4.79 Å². The number of rotatable bonds is 3. The number of piperazine rings is 1. The lowest BCUT2D eigenvalue weighted by Gasteiger charge is -2.35. The third kappa shape index (κ3) is 2.13. The Labute approximate surface area is 90.2 Å². The van der Waals surface area contributed by atoms with Crippen LogP contribution in [0.5, 0.6) is 0 Å². The Hall–Kier alpha value is -1.08. The van der Waals surface area contributed by atoms with E-state index >= 15 is 0 Å². The molecule has 1 amide bonds. The van der Waals surface area contributed by atoms with Crippen molar-refractivity contribution in [2.45, 2.75) is 32.2 Å². The molecule has 1 saturated carbocycles. The summed E-state index contributed by atoms with van der Waals surface area (Å²) < 4.78 is 0. The number of nitrogens with one attached hydrogen (secondary N) is 1. The van der Waals surface area contributed by atoms with E-state index in [1.54, 1.807) is 0 Å². The van der Waals surface area contributed by atoms with Crippen LogP contribution in [-0.2, 0) is 4.79 Å². The fraction of sp³-hybridized carbons (Fsp3) is 0.818. The Kier molecular flexibility index (Phi) is 2.66. The van der Waals surface area contributed by atoms with Crippen molar-refractivity contribution in [3.63, 3.8) is 0 Å². The summed E-state index contributed by atoms with van der Waals surface area (Å²) in [4.78, 5) is 13.7. The quantitative estimate of drug-likeness (QED) is 0.733. The third-order valence-electron chi connectivity index (χ3n) is 3.58. The molecule has 4 heteroatoms. The molecule has 1 aliphatic heterocycles. The van der Waals surface area contributed by atoms with Crippen LogP contribution in [0.1, 0.15) is 26.2 Å². The van der Waals surface area contributed by atoms with Crippen molar-refractivity contribution in [3.8, 4) is 6.07 Å². The van der Waals surface area contributed by atoms with Gasteiger partial charge in [-0.25, -0.2) is 0 Å². The van der Waals surface area contributed by atoms with Crippen molar-refractivity contribution in [2.75, 3.05) is 19.6 Å². The molecule has 1 saturated heterocycles. The highest BCUT2D eigenvalue weighted by Gasteiger charge is 2.45. The van der Waals surface area contributed by atoms with Crippen molar-refractivity contribution in [3.05, 3.63) is 0 Å². The zero-order valence-corrected chi connectivity index (χ0v) is 9.12. The predicted octanol–water partition coefficient (Wildman–Crippen LogP) is 0.501. The second-order valence-electron chi connectivity index (χ2n) is 4.77. The minimum atomic E-state index is -0.0325. The number of amides is 1. The average Bonchev–Trinajstić information content (AvgIpc) is 2.94. The molecular weight excluding hydrogens is 190 g/mol. The van der Waals surface area contributed by atoms with Crippen LogP contribution in [0.25, 0.3) is 0 Å². The van der Waals surface area contributed by atoms with E-state index in [2.05, 4.69) is 16.3 Å². The van der Waals surface area contributed by atoms with Crippen molar-refractivity contribution >= 4 is 5.91 Å². The Morgan fingerprint density at radius 1 is 1.67 bits per heavy atom. The lowest BCUT2D eigenvalue weighted by molar-refractivity contribution is -0.128. The van der Waals surface area contributed by atoms with Crippen LogP contribution in [0.3, 0.4) is 0 Å². The molecule has 1 heterocycles. The van der Waals surface area contributed by atoms with E-state index in [1.165, 1.54) is 0 Å². The van der Waals surface area contributed by atoms with Crippen LogP contribution in [-0.4, -0.2) is 36.5 Å². The van der Waals surface area contributed by atoms with Gasteiger partial charge >= 0.3 is 0 Å². The molecule has 0 spiro atoms. The fourth-order valence-electron chi connectivity index (χ4n) is 2.21. The first-order chi connectivity index (χ1) is 7.17. The highest BCUT2D eigenvalue weighted by molar-refractivity contribution is 5.82. The summed E-state index contributed by atoms with van der Waals surface area (Å²) in [5.74, 6) is 0.119. The van der Waals surface area contributed by atoms with E-state index in [-0.39, 0.29) is 17.4 Å². The Bertz CT molecular complexity index is 303. The van der Waals surface area contributed by atoms with Crippen LogP contribution < -0.4 is 5.32 Å². The predicted molar refractivity (Wildman–Crippen MR) is 55.9 cm³/mol. The second kappa shape index (κ2) is 3.82. The second-order valence-corrected chi connectivity index (χ2v) is 4.77. The van der Waals surface area contributed by atoms with Gasteiger partial charge in [0, 0.05) is 26.1 Å². The molecule has 0 aromatic rings. The van der Waals surface area contributed by atoms with Crippen molar-refractivity contribution in [1.29, 1.82) is 5.26 Å². The van der Waals surface area contributed by atoms with Gasteiger partial charge in [-0.2, -0.15) is 5.26 Å². The first kappa shape index (κ1) is 10.4. The first-order valence-corrected chi connectivity index (χ1v) is 5.56. The van der Waals surface area contributed by atoms with Crippen LogP contribution in [0.2, 0.25) is 0 Å². The van der Waals surface area contributed by atoms with Crippen LogP contribution in [0.4, 0.5) is 0 Å². The number of nitriles is 1. The summed E-state index contributed by atoms with van der Waals surface area (Å²) in [5.41, 5.74) is 0.209. The normalized spacial score (nSPS) is 29.3. The molecule has 1 unspecified atom stereocenters. The van der Waals surface area contributed by atoms with E-state index in [1.807, 2.05) is 6.92 Å².